The standard InChI is InChI=1S/C15H21N5OS/c1-15(2)9-20(5-4-12(15)16)14(21)11-8-22-13(18-11)10-6-17-19(3)7-10/h6-8,12H,4-5,9,16H2,1-3H3. The lowest BCUT2D eigenvalue weighted by atomic mass is 9.79. The van der Waals surface area contributed by atoms with Crippen LogP contribution in [0.1, 0.15) is 30.8 Å². The zero-order valence-corrected chi connectivity index (χ0v) is 13.9. The van der Waals surface area contributed by atoms with Gasteiger partial charge in [0.15, 0.2) is 0 Å². The Bertz CT molecular complexity index is 690. The minimum absolute atomic E-state index is 0.00800. The summed E-state index contributed by atoms with van der Waals surface area (Å²) < 4.78 is 1.73. The molecule has 0 bridgehead atoms. The number of carbonyl (C=O) groups excluding carboxylic acids is 1. The first-order valence-corrected chi connectivity index (χ1v) is 8.24. The van der Waals surface area contributed by atoms with Gasteiger partial charge in [0.1, 0.15) is 10.7 Å². The summed E-state index contributed by atoms with van der Waals surface area (Å²) in [5.74, 6) is -0.00800. The maximum Gasteiger partial charge on any atom is 0.273 e. The molecule has 2 aromatic rings. The van der Waals surface area contributed by atoms with Crippen LogP contribution in [0.4, 0.5) is 0 Å². The van der Waals surface area contributed by atoms with E-state index < -0.39 is 0 Å². The first-order chi connectivity index (χ1) is 10.4. The normalized spacial score (nSPS) is 21.1. The Balaban J connectivity index is 1.77. The first kappa shape index (κ1) is 15.2. The predicted molar refractivity (Wildman–Crippen MR) is 86.6 cm³/mol. The second-order valence-electron chi connectivity index (χ2n) is 6.55. The number of piperidine rings is 1. The van der Waals surface area contributed by atoms with Gasteiger partial charge in [0.05, 0.1) is 6.20 Å². The highest BCUT2D eigenvalue weighted by molar-refractivity contribution is 7.13. The Morgan fingerprint density at radius 2 is 2.27 bits per heavy atom. The van der Waals surface area contributed by atoms with Crippen molar-refractivity contribution >= 4 is 17.2 Å². The maximum atomic E-state index is 12.7. The number of aromatic nitrogens is 3. The fraction of sp³-hybridized carbons (Fsp3) is 0.533. The maximum absolute atomic E-state index is 12.7. The average molecular weight is 319 g/mol. The summed E-state index contributed by atoms with van der Waals surface area (Å²) in [7, 11) is 1.86. The SMILES string of the molecule is Cn1cc(-c2nc(C(=O)N3CCC(N)C(C)(C)C3)cs2)cn1. The number of likely N-dealkylation sites (tertiary alicyclic amines) is 1. The number of nitrogens with zero attached hydrogens (tertiary/aromatic N) is 4. The van der Waals surface area contributed by atoms with E-state index in [4.69, 9.17) is 5.73 Å². The predicted octanol–water partition coefficient (Wildman–Crippen LogP) is 1.74. The van der Waals surface area contributed by atoms with E-state index in [9.17, 15) is 4.79 Å². The van der Waals surface area contributed by atoms with Crippen LogP contribution in [-0.2, 0) is 7.05 Å². The van der Waals surface area contributed by atoms with E-state index in [2.05, 4.69) is 23.9 Å². The van der Waals surface area contributed by atoms with E-state index in [-0.39, 0.29) is 17.4 Å². The van der Waals surface area contributed by atoms with Gasteiger partial charge in [0.2, 0.25) is 0 Å². The lowest BCUT2D eigenvalue weighted by Crippen LogP contribution is -2.54. The van der Waals surface area contributed by atoms with Crippen molar-refractivity contribution in [2.75, 3.05) is 13.1 Å². The summed E-state index contributed by atoms with van der Waals surface area (Å²) in [6.07, 6.45) is 4.49. The van der Waals surface area contributed by atoms with Crippen LogP contribution < -0.4 is 5.73 Å². The molecule has 1 aliphatic rings. The van der Waals surface area contributed by atoms with Gasteiger partial charge in [-0.3, -0.25) is 9.48 Å². The molecule has 1 amide bonds. The van der Waals surface area contributed by atoms with Crippen LogP contribution in [0.15, 0.2) is 17.8 Å². The van der Waals surface area contributed by atoms with Gasteiger partial charge >= 0.3 is 0 Å². The minimum atomic E-state index is -0.0594. The van der Waals surface area contributed by atoms with Crippen LogP contribution in [0.5, 0.6) is 0 Å². The molecule has 3 heterocycles. The monoisotopic (exact) mass is 319 g/mol. The summed E-state index contributed by atoms with van der Waals surface area (Å²) in [5, 5.41) is 6.79. The van der Waals surface area contributed by atoms with Gasteiger partial charge in [0, 0.05) is 43.3 Å². The van der Waals surface area contributed by atoms with Crippen LogP contribution in [-0.4, -0.2) is 44.7 Å². The van der Waals surface area contributed by atoms with Crippen LogP contribution in [0.2, 0.25) is 0 Å². The number of carbonyl (C=O) groups is 1. The number of nitrogens with two attached hydrogens (primary N) is 1. The molecule has 0 spiro atoms. The van der Waals surface area contributed by atoms with Gasteiger partial charge in [-0.25, -0.2) is 4.98 Å². The third-order valence-corrected chi connectivity index (χ3v) is 5.17. The summed E-state index contributed by atoms with van der Waals surface area (Å²) >= 11 is 1.47. The summed E-state index contributed by atoms with van der Waals surface area (Å²) in [6.45, 7) is 5.59. The van der Waals surface area contributed by atoms with Crippen molar-refractivity contribution in [2.24, 2.45) is 18.2 Å². The van der Waals surface area contributed by atoms with Crippen molar-refractivity contribution in [3.63, 3.8) is 0 Å². The number of hydrogen-bond donors (Lipinski definition) is 1. The third kappa shape index (κ3) is 2.78. The molecule has 6 nitrogen and oxygen atoms in total. The Labute approximate surface area is 133 Å². The first-order valence-electron chi connectivity index (χ1n) is 7.36. The Hall–Kier alpha value is -1.73. The lowest BCUT2D eigenvalue weighted by molar-refractivity contribution is 0.0528. The highest BCUT2D eigenvalue weighted by Crippen LogP contribution is 2.29. The molecule has 2 aromatic heterocycles. The second-order valence-corrected chi connectivity index (χ2v) is 7.41. The largest absolute Gasteiger partial charge is 0.337 e. The molecule has 2 N–H and O–H groups in total. The molecule has 7 heteroatoms. The van der Waals surface area contributed by atoms with E-state index >= 15 is 0 Å². The number of thiazole rings is 1. The Morgan fingerprint density at radius 3 is 2.91 bits per heavy atom. The molecule has 22 heavy (non-hydrogen) atoms. The molecule has 0 aromatic carbocycles. The van der Waals surface area contributed by atoms with Crippen molar-refractivity contribution < 1.29 is 4.79 Å². The van der Waals surface area contributed by atoms with Gasteiger partial charge in [0.25, 0.3) is 5.91 Å². The van der Waals surface area contributed by atoms with Crippen LogP contribution in [0.25, 0.3) is 10.6 Å². The number of rotatable bonds is 2. The van der Waals surface area contributed by atoms with E-state index in [1.807, 2.05) is 23.5 Å². The molecule has 1 atom stereocenters. The van der Waals surface area contributed by atoms with Gasteiger partial charge in [-0.05, 0) is 11.8 Å². The fourth-order valence-corrected chi connectivity index (χ4v) is 3.51. The molecule has 1 unspecified atom stereocenters. The third-order valence-electron chi connectivity index (χ3n) is 4.27. The number of hydrogen-bond acceptors (Lipinski definition) is 5. The smallest absolute Gasteiger partial charge is 0.273 e. The van der Waals surface area contributed by atoms with Crippen molar-refractivity contribution in [3.8, 4) is 10.6 Å². The molecular weight excluding hydrogens is 298 g/mol. The molecule has 1 fully saturated rings. The van der Waals surface area contributed by atoms with Gasteiger partial charge in [-0.2, -0.15) is 5.10 Å². The zero-order valence-electron chi connectivity index (χ0n) is 13.1. The van der Waals surface area contributed by atoms with E-state index in [0.717, 1.165) is 17.0 Å². The van der Waals surface area contributed by atoms with E-state index in [1.54, 1.807) is 10.9 Å². The van der Waals surface area contributed by atoms with Crippen LogP contribution in [0.3, 0.4) is 0 Å². The fourth-order valence-electron chi connectivity index (χ4n) is 2.75. The molecule has 0 saturated carbocycles. The molecule has 0 radical (unpaired) electrons. The second kappa shape index (κ2) is 5.48. The summed E-state index contributed by atoms with van der Waals surface area (Å²) in [5.41, 5.74) is 7.52. The molecule has 3 rings (SSSR count). The topological polar surface area (TPSA) is 77.0 Å². The average Bonchev–Trinajstić information content (AvgIpc) is 3.09. The highest BCUT2D eigenvalue weighted by Gasteiger charge is 2.36. The molecular formula is C15H21N5OS. The van der Waals surface area contributed by atoms with Gasteiger partial charge < -0.3 is 10.6 Å². The molecule has 1 aliphatic heterocycles. The lowest BCUT2D eigenvalue weighted by Gasteiger charge is -2.42. The minimum Gasteiger partial charge on any atom is -0.337 e. The summed E-state index contributed by atoms with van der Waals surface area (Å²) in [6, 6.07) is 0.137. The van der Waals surface area contributed by atoms with Crippen LogP contribution in [0, 0.1) is 5.41 Å². The number of aryl methyl sites for hydroxylation is 1. The van der Waals surface area contributed by atoms with Crippen molar-refractivity contribution in [1.29, 1.82) is 0 Å². The Kier molecular flexibility index (Phi) is 3.78. The summed E-state index contributed by atoms with van der Waals surface area (Å²) in [4.78, 5) is 19.0. The van der Waals surface area contributed by atoms with Crippen molar-refractivity contribution in [3.05, 3.63) is 23.5 Å². The number of amides is 1. The van der Waals surface area contributed by atoms with Crippen LogP contribution >= 0.6 is 11.3 Å². The highest BCUT2D eigenvalue weighted by atomic mass is 32.1. The van der Waals surface area contributed by atoms with Gasteiger partial charge in [-0.1, -0.05) is 13.8 Å². The molecule has 1 saturated heterocycles. The van der Waals surface area contributed by atoms with Crippen molar-refractivity contribution in [1.82, 2.24) is 19.7 Å². The van der Waals surface area contributed by atoms with E-state index in [1.165, 1.54) is 11.3 Å². The molecule has 0 aliphatic carbocycles. The quantitative estimate of drug-likeness (QED) is 0.915. The van der Waals surface area contributed by atoms with Gasteiger partial charge in [-0.15, -0.1) is 11.3 Å². The van der Waals surface area contributed by atoms with Crippen molar-refractivity contribution in [2.45, 2.75) is 26.3 Å². The Morgan fingerprint density at radius 1 is 1.50 bits per heavy atom. The van der Waals surface area contributed by atoms with E-state index in [0.29, 0.717) is 18.8 Å². The zero-order chi connectivity index (χ0) is 15.9. The molecule has 118 valence electrons.